The molecule has 7 heteroatoms. The van der Waals surface area contributed by atoms with Crippen molar-refractivity contribution < 1.29 is 17.5 Å². The lowest BCUT2D eigenvalue weighted by atomic mass is 10.3. The summed E-state index contributed by atoms with van der Waals surface area (Å²) in [7, 11) is -2.55. The molecule has 0 unspecified atom stereocenters. The van der Waals surface area contributed by atoms with Crippen LogP contribution >= 0.6 is 0 Å². The topological polar surface area (TPSA) is 81.4 Å². The summed E-state index contributed by atoms with van der Waals surface area (Å²) in [5, 5.41) is 0. The highest BCUT2D eigenvalue weighted by Gasteiger charge is 2.18. The number of halogens is 1. The average Bonchev–Trinajstić information content (AvgIpc) is 2.34. The Hall–Kier alpha value is -1.78. The highest BCUT2D eigenvalue weighted by Crippen LogP contribution is 2.28. The highest BCUT2D eigenvalue weighted by atomic mass is 32.2. The van der Waals surface area contributed by atoms with Crippen molar-refractivity contribution in [2.24, 2.45) is 0 Å². The van der Waals surface area contributed by atoms with E-state index < -0.39 is 15.8 Å². The Balaban J connectivity index is 2.94. The van der Waals surface area contributed by atoms with Crippen molar-refractivity contribution in [1.29, 1.82) is 0 Å². The van der Waals surface area contributed by atoms with Crippen molar-refractivity contribution in [2.75, 3.05) is 19.4 Å². The first-order valence-electron chi connectivity index (χ1n) is 5.48. The molecule has 0 atom stereocenters. The number of nitrogen functional groups attached to an aromatic ring is 1. The Morgan fingerprint density at radius 1 is 1.53 bits per heavy atom. The SMILES string of the molecule is C#CCCCNS(=O)(=O)c1cc(N)c(OC)c(F)c1. The van der Waals surface area contributed by atoms with E-state index in [1.807, 2.05) is 0 Å². The Morgan fingerprint density at radius 3 is 2.74 bits per heavy atom. The third-order valence-corrected chi connectivity index (χ3v) is 3.79. The molecule has 0 amide bonds. The van der Waals surface area contributed by atoms with Gasteiger partial charge in [0.1, 0.15) is 0 Å². The molecule has 0 bridgehead atoms. The summed E-state index contributed by atoms with van der Waals surface area (Å²) in [6.45, 7) is 0.181. The number of methoxy groups -OCH3 is 1. The van der Waals surface area contributed by atoms with Crippen molar-refractivity contribution in [3.8, 4) is 18.1 Å². The van der Waals surface area contributed by atoms with Gasteiger partial charge in [-0.25, -0.2) is 17.5 Å². The maximum Gasteiger partial charge on any atom is 0.240 e. The molecular formula is C12H15FN2O3S. The van der Waals surface area contributed by atoms with E-state index in [9.17, 15) is 12.8 Å². The number of nitrogens with two attached hydrogens (primary N) is 1. The van der Waals surface area contributed by atoms with Crippen LogP contribution in [0.15, 0.2) is 17.0 Å². The van der Waals surface area contributed by atoms with Crippen LogP contribution in [0.5, 0.6) is 5.75 Å². The van der Waals surface area contributed by atoms with E-state index >= 15 is 0 Å². The fraction of sp³-hybridized carbons (Fsp3) is 0.333. The van der Waals surface area contributed by atoms with Crippen LogP contribution in [0.4, 0.5) is 10.1 Å². The van der Waals surface area contributed by atoms with Crippen molar-refractivity contribution in [1.82, 2.24) is 4.72 Å². The quantitative estimate of drug-likeness (QED) is 0.466. The molecule has 19 heavy (non-hydrogen) atoms. The molecule has 0 saturated heterocycles. The molecule has 0 fully saturated rings. The number of unbranched alkanes of at least 4 members (excludes halogenated alkanes) is 1. The summed E-state index contributed by atoms with van der Waals surface area (Å²) in [5.41, 5.74) is 5.44. The first-order valence-corrected chi connectivity index (χ1v) is 6.97. The van der Waals surface area contributed by atoms with Crippen LogP contribution in [0.1, 0.15) is 12.8 Å². The summed E-state index contributed by atoms with van der Waals surface area (Å²) in [6, 6.07) is 2.00. The fourth-order valence-corrected chi connectivity index (χ4v) is 2.56. The molecule has 0 saturated carbocycles. The highest BCUT2D eigenvalue weighted by molar-refractivity contribution is 7.89. The molecule has 1 aromatic carbocycles. The number of benzene rings is 1. The number of terminal acetylenes is 1. The number of nitrogens with one attached hydrogen (secondary N) is 1. The Kier molecular flexibility index (Phi) is 5.15. The van der Waals surface area contributed by atoms with Crippen LogP contribution in [-0.4, -0.2) is 22.1 Å². The van der Waals surface area contributed by atoms with Gasteiger partial charge in [-0.15, -0.1) is 12.3 Å². The number of hydrogen-bond donors (Lipinski definition) is 2. The molecule has 0 aliphatic heterocycles. The zero-order valence-electron chi connectivity index (χ0n) is 10.4. The molecule has 0 radical (unpaired) electrons. The summed E-state index contributed by atoms with van der Waals surface area (Å²) < 4.78 is 44.3. The largest absolute Gasteiger partial charge is 0.492 e. The van der Waals surface area contributed by atoms with Crippen LogP contribution in [-0.2, 0) is 10.0 Å². The van der Waals surface area contributed by atoms with Crippen molar-refractivity contribution in [3.05, 3.63) is 17.9 Å². The Bertz CT molecular complexity index is 570. The smallest absolute Gasteiger partial charge is 0.240 e. The van der Waals surface area contributed by atoms with E-state index in [2.05, 4.69) is 10.6 Å². The van der Waals surface area contributed by atoms with E-state index in [0.29, 0.717) is 12.8 Å². The maximum absolute atomic E-state index is 13.6. The lowest BCUT2D eigenvalue weighted by Gasteiger charge is -2.10. The molecule has 0 aromatic heterocycles. The molecule has 1 aromatic rings. The van der Waals surface area contributed by atoms with Gasteiger partial charge in [-0.2, -0.15) is 0 Å². The van der Waals surface area contributed by atoms with Gasteiger partial charge in [0.05, 0.1) is 17.7 Å². The second-order valence-corrected chi connectivity index (χ2v) is 5.50. The number of anilines is 1. The van der Waals surface area contributed by atoms with Crippen LogP contribution in [0.3, 0.4) is 0 Å². The minimum atomic E-state index is -3.80. The molecule has 5 nitrogen and oxygen atoms in total. The van der Waals surface area contributed by atoms with Gasteiger partial charge in [0, 0.05) is 13.0 Å². The predicted molar refractivity (Wildman–Crippen MR) is 70.6 cm³/mol. The van der Waals surface area contributed by atoms with Gasteiger partial charge in [-0.05, 0) is 18.6 Å². The van der Waals surface area contributed by atoms with Gasteiger partial charge in [0.25, 0.3) is 0 Å². The zero-order chi connectivity index (χ0) is 14.5. The van der Waals surface area contributed by atoms with Gasteiger partial charge in [0.2, 0.25) is 10.0 Å². The van der Waals surface area contributed by atoms with Gasteiger partial charge >= 0.3 is 0 Å². The third-order valence-electron chi connectivity index (χ3n) is 2.35. The van der Waals surface area contributed by atoms with E-state index in [1.54, 1.807) is 0 Å². The van der Waals surface area contributed by atoms with Crippen molar-refractivity contribution >= 4 is 15.7 Å². The maximum atomic E-state index is 13.6. The minimum absolute atomic E-state index is 0.0773. The molecule has 0 aliphatic carbocycles. The van der Waals surface area contributed by atoms with Crippen molar-refractivity contribution in [3.63, 3.8) is 0 Å². The monoisotopic (exact) mass is 286 g/mol. The van der Waals surface area contributed by atoms with Gasteiger partial charge in [-0.3, -0.25) is 0 Å². The van der Waals surface area contributed by atoms with Crippen LogP contribution < -0.4 is 15.2 Å². The van der Waals surface area contributed by atoms with Gasteiger partial charge in [0.15, 0.2) is 11.6 Å². The Morgan fingerprint density at radius 2 is 2.21 bits per heavy atom. The summed E-state index contributed by atoms with van der Waals surface area (Å²) in [4.78, 5) is -0.246. The van der Waals surface area contributed by atoms with Crippen molar-refractivity contribution in [2.45, 2.75) is 17.7 Å². The molecule has 0 aliphatic rings. The summed E-state index contributed by atoms with van der Waals surface area (Å²) >= 11 is 0. The molecule has 3 N–H and O–H groups in total. The van der Waals surface area contributed by atoms with E-state index in [-0.39, 0.29) is 22.9 Å². The van der Waals surface area contributed by atoms with E-state index in [4.69, 9.17) is 16.9 Å². The van der Waals surface area contributed by atoms with Crippen LogP contribution in [0, 0.1) is 18.2 Å². The molecule has 0 heterocycles. The first-order chi connectivity index (χ1) is 8.92. The van der Waals surface area contributed by atoms with Gasteiger partial charge < -0.3 is 10.5 Å². The number of rotatable bonds is 6. The molecule has 1 rings (SSSR count). The second-order valence-electron chi connectivity index (χ2n) is 3.73. The molecular weight excluding hydrogens is 271 g/mol. The average molecular weight is 286 g/mol. The lowest BCUT2D eigenvalue weighted by molar-refractivity contribution is 0.388. The minimum Gasteiger partial charge on any atom is -0.492 e. The molecule has 104 valence electrons. The number of hydrogen-bond acceptors (Lipinski definition) is 4. The normalized spacial score (nSPS) is 11.0. The Labute approximate surface area is 112 Å². The number of ether oxygens (including phenoxy) is 1. The standard InChI is InChI=1S/C12H15FN2O3S/c1-3-4-5-6-15-19(16,17)9-7-10(13)12(18-2)11(14)8-9/h1,7-8,15H,4-6,14H2,2H3. The van der Waals surface area contributed by atoms with Gasteiger partial charge in [-0.1, -0.05) is 0 Å². The second kappa shape index (κ2) is 6.41. The first kappa shape index (κ1) is 15.3. The van der Waals surface area contributed by atoms with E-state index in [0.717, 1.165) is 12.1 Å². The zero-order valence-corrected chi connectivity index (χ0v) is 11.3. The summed E-state index contributed by atoms with van der Waals surface area (Å²) in [5.74, 6) is 1.39. The number of sulfonamides is 1. The molecule has 0 spiro atoms. The van der Waals surface area contributed by atoms with Crippen LogP contribution in [0.2, 0.25) is 0 Å². The third kappa shape index (κ3) is 3.84. The fourth-order valence-electron chi connectivity index (χ4n) is 1.44. The van der Waals surface area contributed by atoms with E-state index in [1.165, 1.54) is 7.11 Å². The van der Waals surface area contributed by atoms with Crippen LogP contribution in [0.25, 0.3) is 0 Å². The summed E-state index contributed by atoms with van der Waals surface area (Å²) in [6.07, 6.45) is 6.02. The lowest BCUT2D eigenvalue weighted by Crippen LogP contribution is -2.25. The predicted octanol–water partition coefficient (Wildman–Crippen LogP) is 1.11.